The Hall–Kier alpha value is -4.42. The molecule has 0 saturated carbocycles. The number of benzene rings is 5. The molecule has 172 valence electrons. The highest BCUT2D eigenvalue weighted by Gasteiger charge is 2.40. The van der Waals surface area contributed by atoms with Gasteiger partial charge in [-0.25, -0.2) is 0 Å². The first-order valence-corrected chi connectivity index (χ1v) is 13.3. The van der Waals surface area contributed by atoms with Crippen molar-refractivity contribution in [2.45, 2.75) is 6.92 Å². The van der Waals surface area contributed by atoms with Gasteiger partial charge in [0.1, 0.15) is 0 Å². The van der Waals surface area contributed by atoms with Gasteiger partial charge in [0, 0.05) is 11.8 Å². The van der Waals surface area contributed by atoms with Gasteiger partial charge in [-0.1, -0.05) is 109 Å². The van der Waals surface area contributed by atoms with E-state index in [0.717, 1.165) is 0 Å². The van der Waals surface area contributed by atoms with Gasteiger partial charge in [0.25, 0.3) is 0 Å². The van der Waals surface area contributed by atoms with Crippen LogP contribution in [0.5, 0.6) is 0 Å². The molecule has 2 atom stereocenters. The van der Waals surface area contributed by atoms with E-state index < -0.39 is 0 Å². The van der Waals surface area contributed by atoms with E-state index in [-0.39, 0.29) is 0 Å². The zero-order valence-corrected chi connectivity index (χ0v) is 20.6. The van der Waals surface area contributed by atoms with Gasteiger partial charge < -0.3 is 0 Å². The zero-order chi connectivity index (χ0) is 24.2. The molecule has 0 heteroatoms. The molecule has 0 saturated heterocycles. The Kier molecular flexibility index (Phi) is 3.66. The van der Waals surface area contributed by atoms with Crippen molar-refractivity contribution in [3.63, 3.8) is 0 Å². The first kappa shape index (κ1) is 19.7. The summed E-state index contributed by atoms with van der Waals surface area (Å²) in [5, 5.41) is 5.49. The third-order valence-corrected chi connectivity index (χ3v) is 8.93. The predicted octanol–water partition coefficient (Wildman–Crippen LogP) is 9.85. The van der Waals surface area contributed by atoms with Crippen molar-refractivity contribution in [2.75, 3.05) is 0 Å². The van der Waals surface area contributed by atoms with Crippen molar-refractivity contribution >= 4 is 32.7 Å². The second kappa shape index (κ2) is 6.87. The largest absolute Gasteiger partial charge is 0.0766 e. The van der Waals surface area contributed by atoms with E-state index in [2.05, 4.69) is 122 Å². The van der Waals surface area contributed by atoms with Crippen LogP contribution < -0.4 is 0 Å². The van der Waals surface area contributed by atoms with Crippen LogP contribution in [0.25, 0.3) is 66.1 Å². The number of hydrogen-bond acceptors (Lipinski definition) is 0. The summed E-state index contributed by atoms with van der Waals surface area (Å²) < 4.78 is 0. The number of allylic oxidation sites excluding steroid dienone is 8. The van der Waals surface area contributed by atoms with Gasteiger partial charge in [0.2, 0.25) is 0 Å². The van der Waals surface area contributed by atoms with Crippen molar-refractivity contribution in [3.05, 3.63) is 132 Å². The van der Waals surface area contributed by atoms with E-state index in [1.165, 1.54) is 82.8 Å². The Morgan fingerprint density at radius 3 is 2.24 bits per heavy atom. The van der Waals surface area contributed by atoms with Gasteiger partial charge in [-0.15, -0.1) is 0 Å². The first-order chi connectivity index (χ1) is 18.3. The standard InChI is InChI=1S/C37H24/c1-21-17-23-11-7-15-28-33(23)30(18-21)32-20-24-19-31-26-13-6-5-12-25(26)27-14-8-16-29(36(27)31)34(24)35(37(28)32)22-9-3-2-4-10-22/h2-20,23,33H,1H3. The van der Waals surface area contributed by atoms with Crippen molar-refractivity contribution in [2.24, 2.45) is 11.8 Å². The van der Waals surface area contributed by atoms with E-state index in [1.807, 2.05) is 0 Å². The van der Waals surface area contributed by atoms with Crippen LogP contribution in [0.3, 0.4) is 0 Å². The fourth-order valence-corrected chi connectivity index (χ4v) is 7.60. The highest BCUT2D eigenvalue weighted by molar-refractivity contribution is 6.28. The molecule has 5 aromatic rings. The summed E-state index contributed by atoms with van der Waals surface area (Å²) in [6.45, 7) is 2.25. The van der Waals surface area contributed by atoms with Gasteiger partial charge in [0.15, 0.2) is 0 Å². The maximum atomic E-state index is 2.50. The lowest BCUT2D eigenvalue weighted by Gasteiger charge is -2.27. The first-order valence-electron chi connectivity index (χ1n) is 13.3. The molecule has 0 spiro atoms. The summed E-state index contributed by atoms with van der Waals surface area (Å²) in [6, 6.07) is 31.8. The monoisotopic (exact) mass is 468 g/mol. The lowest BCUT2D eigenvalue weighted by atomic mass is 9.76. The minimum atomic E-state index is 0.415. The summed E-state index contributed by atoms with van der Waals surface area (Å²) in [5.74, 6) is 0.849. The minimum absolute atomic E-state index is 0.415. The smallest absolute Gasteiger partial charge is 0.0200 e. The van der Waals surface area contributed by atoms with Gasteiger partial charge in [-0.3, -0.25) is 0 Å². The van der Waals surface area contributed by atoms with Crippen LogP contribution in [-0.4, -0.2) is 0 Å². The molecule has 0 fully saturated rings. The Morgan fingerprint density at radius 2 is 1.38 bits per heavy atom. The van der Waals surface area contributed by atoms with Crippen LogP contribution in [0.1, 0.15) is 18.1 Å². The molecule has 0 aliphatic heterocycles. The Labute approximate surface area is 216 Å². The third-order valence-electron chi connectivity index (χ3n) is 8.93. The van der Waals surface area contributed by atoms with Crippen molar-refractivity contribution in [3.8, 4) is 33.4 Å². The minimum Gasteiger partial charge on any atom is -0.0766 e. The molecular formula is C37H24. The van der Waals surface area contributed by atoms with Crippen molar-refractivity contribution < 1.29 is 0 Å². The molecule has 4 aliphatic rings. The normalized spacial score (nSPS) is 19.9. The SMILES string of the molecule is CC1=CC2C=CC=C3c4c(cc5cc6c7c(cccc7c5c4-c4ccccc4)-c4ccccc4-6)C(=C1)C32. The van der Waals surface area contributed by atoms with E-state index in [1.54, 1.807) is 0 Å². The molecule has 0 heterocycles. The molecule has 37 heavy (non-hydrogen) atoms. The van der Waals surface area contributed by atoms with Crippen LogP contribution in [0.15, 0.2) is 121 Å². The van der Waals surface area contributed by atoms with Gasteiger partial charge in [-0.05, 0) is 96.3 Å². The van der Waals surface area contributed by atoms with Crippen LogP contribution in [0, 0.1) is 11.8 Å². The predicted molar refractivity (Wildman–Crippen MR) is 157 cm³/mol. The van der Waals surface area contributed by atoms with Crippen LogP contribution >= 0.6 is 0 Å². The summed E-state index contributed by atoms with van der Waals surface area (Å²) in [7, 11) is 0. The number of rotatable bonds is 1. The second-order valence-electron chi connectivity index (χ2n) is 10.9. The number of hydrogen-bond donors (Lipinski definition) is 0. The van der Waals surface area contributed by atoms with Crippen molar-refractivity contribution in [1.82, 2.24) is 0 Å². The topological polar surface area (TPSA) is 0 Å². The average Bonchev–Trinajstić information content (AvgIpc) is 3.43. The fourth-order valence-electron chi connectivity index (χ4n) is 7.60. The third kappa shape index (κ3) is 2.43. The van der Waals surface area contributed by atoms with E-state index >= 15 is 0 Å². The number of fused-ring (bicyclic) bond motifs is 8. The molecule has 0 N–H and O–H groups in total. The molecule has 0 radical (unpaired) electrons. The second-order valence-corrected chi connectivity index (χ2v) is 10.9. The Bertz CT molecular complexity index is 1970. The van der Waals surface area contributed by atoms with Gasteiger partial charge >= 0.3 is 0 Å². The summed E-state index contributed by atoms with van der Waals surface area (Å²) >= 11 is 0. The molecule has 0 bridgehead atoms. The van der Waals surface area contributed by atoms with E-state index in [9.17, 15) is 0 Å². The molecular weight excluding hydrogens is 444 g/mol. The zero-order valence-electron chi connectivity index (χ0n) is 20.6. The van der Waals surface area contributed by atoms with Crippen LogP contribution in [0.2, 0.25) is 0 Å². The summed E-state index contributed by atoms with van der Waals surface area (Å²) in [5.41, 5.74) is 15.3. The van der Waals surface area contributed by atoms with E-state index in [0.29, 0.717) is 11.8 Å². The lowest BCUT2D eigenvalue weighted by Crippen LogP contribution is -2.15. The molecule has 0 nitrogen and oxygen atoms in total. The highest BCUT2D eigenvalue weighted by Crippen LogP contribution is 2.59. The summed E-state index contributed by atoms with van der Waals surface area (Å²) in [4.78, 5) is 0. The Morgan fingerprint density at radius 1 is 0.622 bits per heavy atom. The molecule has 4 aliphatic carbocycles. The van der Waals surface area contributed by atoms with Gasteiger partial charge in [-0.2, -0.15) is 0 Å². The quantitative estimate of drug-likeness (QED) is 0.211. The van der Waals surface area contributed by atoms with Gasteiger partial charge in [0.05, 0.1) is 0 Å². The highest BCUT2D eigenvalue weighted by atomic mass is 14.4. The molecule has 5 aromatic carbocycles. The maximum Gasteiger partial charge on any atom is 0.0200 e. The lowest BCUT2D eigenvalue weighted by molar-refractivity contribution is 0.701. The summed E-state index contributed by atoms with van der Waals surface area (Å²) in [6.07, 6.45) is 11.9. The Balaban J connectivity index is 1.51. The average molecular weight is 469 g/mol. The van der Waals surface area contributed by atoms with E-state index in [4.69, 9.17) is 0 Å². The van der Waals surface area contributed by atoms with Crippen molar-refractivity contribution in [1.29, 1.82) is 0 Å². The molecule has 0 amide bonds. The maximum absolute atomic E-state index is 2.50. The van der Waals surface area contributed by atoms with Crippen LogP contribution in [0.4, 0.5) is 0 Å². The van der Waals surface area contributed by atoms with Crippen LogP contribution in [-0.2, 0) is 0 Å². The molecule has 9 rings (SSSR count). The fraction of sp³-hybridized carbons (Fsp3) is 0.0811. The molecule has 2 unspecified atom stereocenters. The molecule has 0 aromatic heterocycles.